The number of hydrogen-bond acceptors (Lipinski definition) is 4. The third-order valence-electron chi connectivity index (χ3n) is 4.53. The number of halogens is 3. The minimum atomic E-state index is -4.54. The van der Waals surface area contributed by atoms with E-state index in [1.165, 1.54) is 24.5 Å². The van der Waals surface area contributed by atoms with Gasteiger partial charge < -0.3 is 15.0 Å². The number of hydrogen-bond donors (Lipinski definition) is 1. The van der Waals surface area contributed by atoms with E-state index in [9.17, 15) is 18.0 Å². The third-order valence-corrected chi connectivity index (χ3v) is 4.53. The van der Waals surface area contributed by atoms with Crippen molar-refractivity contribution in [3.05, 3.63) is 53.9 Å². The third kappa shape index (κ3) is 4.97. The van der Waals surface area contributed by atoms with E-state index >= 15 is 0 Å². The van der Waals surface area contributed by atoms with Gasteiger partial charge in [0.1, 0.15) is 12.4 Å². The Balaban J connectivity index is 1.79. The van der Waals surface area contributed by atoms with Crippen molar-refractivity contribution in [2.75, 3.05) is 25.5 Å². The van der Waals surface area contributed by atoms with E-state index in [1.54, 1.807) is 6.07 Å². The molecule has 1 aromatic carbocycles. The number of amides is 1. The molecule has 2 aromatic rings. The second-order valence-electron chi connectivity index (χ2n) is 6.53. The Hall–Kier alpha value is -2.61. The monoisotopic (exact) mass is 379 g/mol. The van der Waals surface area contributed by atoms with E-state index in [1.807, 2.05) is 7.05 Å². The molecule has 1 amide bonds. The van der Waals surface area contributed by atoms with Gasteiger partial charge >= 0.3 is 6.18 Å². The first kappa shape index (κ1) is 19.2. The highest BCUT2D eigenvalue weighted by molar-refractivity contribution is 6.04. The lowest BCUT2D eigenvalue weighted by Gasteiger charge is -2.20. The number of carbonyl (C=O) groups excluding carboxylic acids is 1. The fraction of sp³-hybridized carbons (Fsp3) is 0.368. The number of rotatable bonds is 5. The van der Waals surface area contributed by atoms with Crippen LogP contribution in [0.3, 0.4) is 0 Å². The Morgan fingerprint density at radius 3 is 2.81 bits per heavy atom. The summed E-state index contributed by atoms with van der Waals surface area (Å²) in [6, 6.07) is 6.53. The lowest BCUT2D eigenvalue weighted by molar-refractivity contribution is -0.137. The molecule has 1 atom stereocenters. The zero-order valence-electron chi connectivity index (χ0n) is 14.8. The minimum absolute atomic E-state index is 0.0217. The maximum atomic E-state index is 13.2. The predicted octanol–water partition coefficient (Wildman–Crippen LogP) is 3.83. The Morgan fingerprint density at radius 1 is 1.37 bits per heavy atom. The van der Waals surface area contributed by atoms with Crippen LogP contribution in [0.2, 0.25) is 0 Å². The predicted molar refractivity (Wildman–Crippen MR) is 94.8 cm³/mol. The van der Waals surface area contributed by atoms with Crippen LogP contribution in [0.1, 0.15) is 28.8 Å². The number of likely N-dealkylation sites (N-methyl/N-ethyl adjacent to an activating group) is 1. The molecule has 1 aliphatic heterocycles. The van der Waals surface area contributed by atoms with Crippen LogP contribution >= 0.6 is 0 Å². The smallest absolute Gasteiger partial charge is 0.416 e. The molecular formula is C19H20F3N3O2. The number of carbonyl (C=O) groups is 1. The molecule has 5 nitrogen and oxygen atoms in total. The van der Waals surface area contributed by atoms with Gasteiger partial charge in [0.05, 0.1) is 11.1 Å². The first-order valence-electron chi connectivity index (χ1n) is 8.59. The summed E-state index contributed by atoms with van der Waals surface area (Å²) in [6.07, 6.45) is 0.292. The van der Waals surface area contributed by atoms with Gasteiger partial charge in [0.2, 0.25) is 0 Å². The molecule has 144 valence electrons. The Morgan fingerprint density at radius 2 is 2.19 bits per heavy atom. The normalized spacial score (nSPS) is 17.7. The summed E-state index contributed by atoms with van der Waals surface area (Å²) in [5.41, 5.74) is -0.598. The van der Waals surface area contributed by atoms with Crippen LogP contribution in [-0.4, -0.2) is 42.0 Å². The maximum Gasteiger partial charge on any atom is 0.416 e. The molecule has 2 heterocycles. The van der Waals surface area contributed by atoms with Crippen molar-refractivity contribution in [1.82, 2.24) is 9.88 Å². The van der Waals surface area contributed by atoms with Gasteiger partial charge in [0.25, 0.3) is 5.91 Å². The number of anilines is 1. The quantitative estimate of drug-likeness (QED) is 0.858. The van der Waals surface area contributed by atoms with Crippen molar-refractivity contribution < 1.29 is 22.7 Å². The molecule has 1 aromatic heterocycles. The first-order chi connectivity index (χ1) is 12.8. The van der Waals surface area contributed by atoms with E-state index < -0.39 is 17.6 Å². The molecule has 1 aliphatic rings. The second-order valence-corrected chi connectivity index (χ2v) is 6.53. The van der Waals surface area contributed by atoms with Crippen molar-refractivity contribution in [2.45, 2.75) is 25.1 Å². The van der Waals surface area contributed by atoms with Gasteiger partial charge in [-0.1, -0.05) is 0 Å². The summed E-state index contributed by atoms with van der Waals surface area (Å²) in [4.78, 5) is 18.2. The molecule has 1 saturated heterocycles. The maximum absolute atomic E-state index is 13.2. The minimum Gasteiger partial charge on any atom is -0.492 e. The van der Waals surface area contributed by atoms with E-state index in [2.05, 4.69) is 15.2 Å². The van der Waals surface area contributed by atoms with E-state index in [0.717, 1.165) is 31.5 Å². The summed E-state index contributed by atoms with van der Waals surface area (Å²) in [6.45, 7) is 1.25. The molecule has 27 heavy (non-hydrogen) atoms. The molecule has 0 unspecified atom stereocenters. The molecule has 3 rings (SSSR count). The van der Waals surface area contributed by atoms with E-state index in [0.29, 0.717) is 6.61 Å². The number of likely N-dealkylation sites (tertiary alicyclic amines) is 1. The second kappa shape index (κ2) is 7.96. The van der Waals surface area contributed by atoms with Crippen LogP contribution in [0, 0.1) is 0 Å². The summed E-state index contributed by atoms with van der Waals surface area (Å²) >= 11 is 0. The highest BCUT2D eigenvalue weighted by Gasteiger charge is 2.32. The van der Waals surface area contributed by atoms with Crippen molar-refractivity contribution in [3.8, 4) is 5.75 Å². The molecule has 0 radical (unpaired) electrons. The van der Waals surface area contributed by atoms with Gasteiger partial charge in [-0.15, -0.1) is 0 Å². The summed E-state index contributed by atoms with van der Waals surface area (Å²) < 4.78 is 45.3. The topological polar surface area (TPSA) is 54.5 Å². The number of aromatic nitrogens is 1. The largest absolute Gasteiger partial charge is 0.492 e. The van der Waals surface area contributed by atoms with Gasteiger partial charge in [0, 0.05) is 30.2 Å². The van der Waals surface area contributed by atoms with Gasteiger partial charge in [-0.3, -0.25) is 9.78 Å². The van der Waals surface area contributed by atoms with Crippen molar-refractivity contribution in [3.63, 3.8) is 0 Å². The molecular weight excluding hydrogens is 359 g/mol. The van der Waals surface area contributed by atoms with E-state index in [-0.39, 0.29) is 23.0 Å². The fourth-order valence-corrected chi connectivity index (χ4v) is 3.00. The summed E-state index contributed by atoms with van der Waals surface area (Å²) in [5, 5.41) is 2.48. The van der Waals surface area contributed by atoms with E-state index in [4.69, 9.17) is 4.74 Å². The number of pyridine rings is 1. The highest BCUT2D eigenvalue weighted by atomic mass is 19.4. The number of ether oxygens (including phenoxy) is 1. The van der Waals surface area contributed by atoms with Crippen molar-refractivity contribution in [1.29, 1.82) is 0 Å². The molecule has 1 N–H and O–H groups in total. The molecule has 8 heteroatoms. The Kier molecular flexibility index (Phi) is 5.65. The SMILES string of the molecule is CN1CCC[C@@H]1COc1cc(NC(=O)c2cccnc2)cc(C(F)(F)F)c1. The molecule has 0 bridgehead atoms. The van der Waals surface area contributed by atoms with Gasteiger partial charge in [-0.25, -0.2) is 0 Å². The average molecular weight is 379 g/mol. The lowest BCUT2D eigenvalue weighted by atomic mass is 10.1. The van der Waals surface area contributed by atoms with Crippen LogP contribution in [0.15, 0.2) is 42.7 Å². The fourth-order valence-electron chi connectivity index (χ4n) is 3.00. The van der Waals surface area contributed by atoms with Crippen LogP contribution in [0.5, 0.6) is 5.75 Å². The molecule has 0 saturated carbocycles. The van der Waals surface area contributed by atoms with Crippen LogP contribution in [0.25, 0.3) is 0 Å². The Bertz CT molecular complexity index is 797. The highest BCUT2D eigenvalue weighted by Crippen LogP contribution is 2.34. The first-order valence-corrected chi connectivity index (χ1v) is 8.59. The molecule has 0 spiro atoms. The number of nitrogens with one attached hydrogen (secondary N) is 1. The van der Waals surface area contributed by atoms with Crippen LogP contribution < -0.4 is 10.1 Å². The standard InChI is InChI=1S/C19H20F3N3O2/c1-25-7-3-5-16(25)12-27-17-9-14(19(20,21)22)8-15(10-17)24-18(26)13-4-2-6-23-11-13/h2,4,6,8-11,16H,3,5,7,12H2,1H3,(H,24,26)/t16-/m1/s1. The van der Waals surface area contributed by atoms with Crippen LogP contribution in [0.4, 0.5) is 18.9 Å². The average Bonchev–Trinajstić information content (AvgIpc) is 3.05. The zero-order chi connectivity index (χ0) is 19.4. The van der Waals surface area contributed by atoms with Crippen molar-refractivity contribution in [2.24, 2.45) is 0 Å². The van der Waals surface area contributed by atoms with Crippen LogP contribution in [-0.2, 0) is 6.18 Å². The number of alkyl halides is 3. The lowest BCUT2D eigenvalue weighted by Crippen LogP contribution is -2.30. The molecule has 1 fully saturated rings. The summed E-state index contributed by atoms with van der Waals surface area (Å²) in [7, 11) is 1.96. The van der Waals surface area contributed by atoms with Gasteiger partial charge in [-0.2, -0.15) is 13.2 Å². The summed E-state index contributed by atoms with van der Waals surface area (Å²) in [5.74, 6) is -0.462. The zero-order valence-corrected chi connectivity index (χ0v) is 14.8. The Labute approximate surface area is 155 Å². The van der Waals surface area contributed by atoms with Gasteiger partial charge in [-0.05, 0) is 50.7 Å². The van der Waals surface area contributed by atoms with Crippen molar-refractivity contribution >= 4 is 11.6 Å². The number of nitrogens with zero attached hydrogens (tertiary/aromatic N) is 2. The van der Waals surface area contributed by atoms with Gasteiger partial charge in [0.15, 0.2) is 0 Å². The molecule has 0 aliphatic carbocycles. The number of benzene rings is 1.